The zero-order valence-corrected chi connectivity index (χ0v) is 8.68. The van der Waals surface area contributed by atoms with Crippen molar-refractivity contribution < 1.29 is 21.1 Å². The van der Waals surface area contributed by atoms with Gasteiger partial charge in [-0.2, -0.15) is 0 Å². The molecule has 0 aliphatic heterocycles. The number of rotatable bonds is 3. The molecule has 9 heavy (non-hydrogen) atoms. The van der Waals surface area contributed by atoms with Gasteiger partial charge in [0.15, 0.2) is 0 Å². The molecule has 0 heterocycles. The van der Waals surface area contributed by atoms with Gasteiger partial charge >= 0.3 is 0 Å². The van der Waals surface area contributed by atoms with Crippen LogP contribution in [0.15, 0.2) is 23.2 Å². The Balaban J connectivity index is 0. The molecule has 0 amide bonds. The van der Waals surface area contributed by atoms with Gasteiger partial charge in [0.25, 0.3) is 0 Å². The number of hydrogen-bond acceptors (Lipinski definition) is 0. The van der Waals surface area contributed by atoms with Crippen LogP contribution in [0.3, 0.4) is 0 Å². The van der Waals surface area contributed by atoms with E-state index in [-0.39, 0.29) is 21.1 Å². The van der Waals surface area contributed by atoms with E-state index in [9.17, 15) is 0 Å². The molecule has 0 aromatic carbocycles. The van der Waals surface area contributed by atoms with Crippen LogP contribution in [0, 0.1) is 0 Å². The predicted octanol–water partition coefficient (Wildman–Crippen LogP) is 3.27. The van der Waals surface area contributed by atoms with Crippen LogP contribution in [0.1, 0.15) is 12.8 Å². The first-order chi connectivity index (χ1) is 3.63. The molecule has 0 saturated heterocycles. The summed E-state index contributed by atoms with van der Waals surface area (Å²) in [6.07, 6.45) is 1.45. The van der Waals surface area contributed by atoms with E-state index >= 15 is 0 Å². The summed E-state index contributed by atoms with van der Waals surface area (Å²) in [7, 11) is 0. The Kier molecular flexibility index (Phi) is 9.48. The third kappa shape index (κ3) is 12.1. The molecule has 0 aromatic rings. The topological polar surface area (TPSA) is 0 Å². The van der Waals surface area contributed by atoms with Crippen molar-refractivity contribution in [2.75, 3.05) is 0 Å². The fourth-order valence-corrected chi connectivity index (χ4v) is 0.460. The summed E-state index contributed by atoms with van der Waals surface area (Å²) in [4.78, 5) is 0. The van der Waals surface area contributed by atoms with Gasteiger partial charge in [-0.3, -0.25) is 0 Å². The predicted molar refractivity (Wildman–Crippen MR) is 39.2 cm³/mol. The molecule has 0 bridgehead atoms. The molecule has 0 radical (unpaired) electrons. The molecule has 0 spiro atoms. The standard InChI is InChI=1S/C6H8Cl2.Pt/c1-5(7)3-4-6(2)8;/h1-4H2;. The minimum absolute atomic E-state index is 0. The molecule has 0 saturated carbocycles. The summed E-state index contributed by atoms with van der Waals surface area (Å²) in [6.45, 7) is 6.99. The molecule has 0 unspecified atom stereocenters. The Morgan fingerprint density at radius 3 is 1.33 bits per heavy atom. The molecule has 3 heteroatoms. The van der Waals surface area contributed by atoms with Crippen molar-refractivity contribution in [2.24, 2.45) is 0 Å². The van der Waals surface area contributed by atoms with Crippen molar-refractivity contribution in [1.29, 1.82) is 0 Å². The van der Waals surface area contributed by atoms with Crippen molar-refractivity contribution in [3.05, 3.63) is 23.2 Å². The van der Waals surface area contributed by atoms with Crippen molar-refractivity contribution in [3.63, 3.8) is 0 Å². The molecule has 56 valence electrons. The largest absolute Gasteiger partial charge is 0.0898 e. The van der Waals surface area contributed by atoms with E-state index in [0.717, 1.165) is 12.8 Å². The fourth-order valence-electron chi connectivity index (χ4n) is 0.271. The molecule has 0 rings (SSSR count). The number of hydrogen-bond donors (Lipinski definition) is 0. The third-order valence-corrected chi connectivity index (χ3v) is 1.05. The second-order valence-corrected chi connectivity index (χ2v) is 2.60. The van der Waals surface area contributed by atoms with E-state index in [1.54, 1.807) is 0 Å². The summed E-state index contributed by atoms with van der Waals surface area (Å²) < 4.78 is 0. The first kappa shape index (κ1) is 12.4. The van der Waals surface area contributed by atoms with Crippen LogP contribution < -0.4 is 0 Å². The number of allylic oxidation sites excluding steroid dienone is 2. The summed E-state index contributed by atoms with van der Waals surface area (Å²) in [5.74, 6) is 0. The van der Waals surface area contributed by atoms with Gasteiger partial charge in [-0.25, -0.2) is 0 Å². The number of halogens is 2. The van der Waals surface area contributed by atoms with E-state index in [1.165, 1.54) is 0 Å². The van der Waals surface area contributed by atoms with Crippen LogP contribution in [-0.4, -0.2) is 0 Å². The summed E-state index contributed by atoms with van der Waals surface area (Å²) >= 11 is 10.9. The van der Waals surface area contributed by atoms with E-state index < -0.39 is 0 Å². The molecular formula is C6H8Cl2Pt. The Labute approximate surface area is 80.2 Å². The van der Waals surface area contributed by atoms with Gasteiger partial charge < -0.3 is 0 Å². The molecule has 0 N–H and O–H groups in total. The van der Waals surface area contributed by atoms with Crippen LogP contribution in [-0.2, 0) is 21.1 Å². The zero-order valence-electron chi connectivity index (χ0n) is 4.90. The van der Waals surface area contributed by atoms with Crippen LogP contribution in [0.25, 0.3) is 0 Å². The van der Waals surface area contributed by atoms with Crippen molar-refractivity contribution in [3.8, 4) is 0 Å². The van der Waals surface area contributed by atoms with Crippen LogP contribution in [0.4, 0.5) is 0 Å². The normalized spacial score (nSPS) is 7.78. The smallest absolute Gasteiger partial charge is 0.0112 e. The van der Waals surface area contributed by atoms with Crippen LogP contribution in [0.5, 0.6) is 0 Å². The zero-order chi connectivity index (χ0) is 6.57. The monoisotopic (exact) mass is 345 g/mol. The Hall–Kier alpha value is 0.748. The maximum atomic E-state index is 5.43. The van der Waals surface area contributed by atoms with Crippen molar-refractivity contribution >= 4 is 23.2 Å². The van der Waals surface area contributed by atoms with Gasteiger partial charge in [-0.05, 0) is 12.8 Å². The van der Waals surface area contributed by atoms with Gasteiger partial charge in [0.1, 0.15) is 0 Å². The minimum Gasteiger partial charge on any atom is -0.0898 e. The first-order valence-electron chi connectivity index (χ1n) is 2.29. The maximum Gasteiger partial charge on any atom is 0.0112 e. The van der Waals surface area contributed by atoms with E-state index in [4.69, 9.17) is 23.2 Å². The summed E-state index contributed by atoms with van der Waals surface area (Å²) in [5, 5.41) is 1.26. The second-order valence-electron chi connectivity index (χ2n) is 1.53. The Bertz CT molecular complexity index is 95.6. The SMILES string of the molecule is C=C(Cl)CCC(=C)Cl.[Pt]. The van der Waals surface area contributed by atoms with E-state index in [2.05, 4.69) is 13.2 Å². The molecule has 0 aliphatic rings. The molecule has 0 nitrogen and oxygen atoms in total. The Morgan fingerprint density at radius 2 is 1.22 bits per heavy atom. The van der Waals surface area contributed by atoms with Gasteiger partial charge in [0.05, 0.1) is 0 Å². The van der Waals surface area contributed by atoms with Crippen LogP contribution >= 0.6 is 23.2 Å². The maximum absolute atomic E-state index is 5.43. The van der Waals surface area contributed by atoms with Gasteiger partial charge in [0.2, 0.25) is 0 Å². The average Bonchev–Trinajstić information content (AvgIpc) is 1.61. The Morgan fingerprint density at radius 1 is 1.00 bits per heavy atom. The van der Waals surface area contributed by atoms with E-state index in [0.29, 0.717) is 10.1 Å². The van der Waals surface area contributed by atoms with Gasteiger partial charge in [0, 0.05) is 31.1 Å². The molecule has 0 atom stereocenters. The van der Waals surface area contributed by atoms with E-state index in [1.807, 2.05) is 0 Å². The third-order valence-electron chi connectivity index (χ3n) is 0.668. The van der Waals surface area contributed by atoms with Gasteiger partial charge in [-0.15, -0.1) is 0 Å². The molecular weight excluding hydrogens is 338 g/mol. The van der Waals surface area contributed by atoms with Crippen molar-refractivity contribution in [2.45, 2.75) is 12.8 Å². The first-order valence-corrected chi connectivity index (χ1v) is 3.05. The fraction of sp³-hybridized carbons (Fsp3) is 0.333. The van der Waals surface area contributed by atoms with Crippen LogP contribution in [0.2, 0.25) is 0 Å². The summed E-state index contributed by atoms with van der Waals surface area (Å²) in [5.41, 5.74) is 0. The van der Waals surface area contributed by atoms with Crippen molar-refractivity contribution in [1.82, 2.24) is 0 Å². The minimum atomic E-state index is 0. The molecule has 0 aromatic heterocycles. The molecule has 0 fully saturated rings. The second kappa shape index (κ2) is 6.86. The summed E-state index contributed by atoms with van der Waals surface area (Å²) in [6, 6.07) is 0. The quantitative estimate of drug-likeness (QED) is 0.736. The average molecular weight is 346 g/mol. The van der Waals surface area contributed by atoms with Gasteiger partial charge in [-0.1, -0.05) is 36.4 Å². The molecule has 0 aliphatic carbocycles.